The Morgan fingerprint density at radius 3 is 2.76 bits per heavy atom. The van der Waals surface area contributed by atoms with E-state index in [0.717, 1.165) is 5.75 Å². The molecule has 1 aromatic rings. The second kappa shape index (κ2) is 7.70. The van der Waals surface area contributed by atoms with Gasteiger partial charge in [-0.05, 0) is 24.2 Å². The second-order valence-corrected chi connectivity index (χ2v) is 4.77. The Morgan fingerprint density at radius 1 is 1.35 bits per heavy atom. The van der Waals surface area contributed by atoms with E-state index in [1.54, 1.807) is 6.82 Å². The molecule has 0 aliphatic carbocycles. The minimum atomic E-state index is -0.523. The summed E-state index contributed by atoms with van der Waals surface area (Å²) in [5.74, 6) is 1.33. The number of hydrogen-bond donors (Lipinski definition) is 3. The summed E-state index contributed by atoms with van der Waals surface area (Å²) in [6, 6.07) is 0. The van der Waals surface area contributed by atoms with Crippen LogP contribution in [-0.4, -0.2) is 45.9 Å². The summed E-state index contributed by atoms with van der Waals surface area (Å²) in [4.78, 5) is 12.1. The van der Waals surface area contributed by atoms with Crippen molar-refractivity contribution in [1.29, 1.82) is 0 Å². The molecule has 0 fully saturated rings. The first-order valence-corrected chi connectivity index (χ1v) is 6.68. The maximum absolute atomic E-state index is 9.00. The monoisotopic (exact) mass is 275 g/mol. The van der Waals surface area contributed by atoms with Crippen LogP contribution in [0.1, 0.15) is 6.92 Å². The Morgan fingerprint density at radius 2 is 2.12 bits per heavy atom. The lowest BCUT2D eigenvalue weighted by Gasteiger charge is -2.07. The highest BCUT2D eigenvalue weighted by Gasteiger charge is 2.05. The molecule has 0 bridgehead atoms. The standard InChI is InChI=1S/C8H15BClN5OS/c1-3-17-8-14-6(10)13-7(15-8)11-4-5-12-9(2)16/h12,16H,3-5H2,1-2H3,(H,11,13,14,15). The third-order valence-electron chi connectivity index (χ3n) is 1.71. The van der Waals surface area contributed by atoms with Crippen LogP contribution >= 0.6 is 23.4 Å². The van der Waals surface area contributed by atoms with Crippen molar-refractivity contribution in [3.05, 3.63) is 5.28 Å². The molecule has 0 saturated heterocycles. The van der Waals surface area contributed by atoms with E-state index < -0.39 is 7.05 Å². The van der Waals surface area contributed by atoms with Crippen molar-refractivity contribution in [1.82, 2.24) is 20.2 Å². The first-order chi connectivity index (χ1) is 8.11. The average molecular weight is 276 g/mol. The molecule has 0 radical (unpaired) electrons. The summed E-state index contributed by atoms with van der Waals surface area (Å²) < 4.78 is 0. The lowest BCUT2D eigenvalue weighted by atomic mass is 9.89. The fourth-order valence-corrected chi connectivity index (χ4v) is 1.83. The average Bonchev–Trinajstić information content (AvgIpc) is 2.24. The topological polar surface area (TPSA) is 83.0 Å². The van der Waals surface area contributed by atoms with Gasteiger partial charge in [0, 0.05) is 13.1 Å². The van der Waals surface area contributed by atoms with Crippen LogP contribution in [0.2, 0.25) is 12.1 Å². The van der Waals surface area contributed by atoms with E-state index in [1.165, 1.54) is 11.8 Å². The Kier molecular flexibility index (Phi) is 6.57. The Labute approximate surface area is 110 Å². The van der Waals surface area contributed by atoms with E-state index in [9.17, 15) is 0 Å². The molecule has 0 aromatic carbocycles. The zero-order valence-corrected chi connectivity index (χ0v) is 11.3. The van der Waals surface area contributed by atoms with E-state index in [1.807, 2.05) is 6.92 Å². The lowest BCUT2D eigenvalue weighted by Crippen LogP contribution is -2.34. The van der Waals surface area contributed by atoms with Crippen molar-refractivity contribution in [2.45, 2.75) is 18.9 Å². The highest BCUT2D eigenvalue weighted by molar-refractivity contribution is 7.99. The molecule has 1 heterocycles. The molecule has 17 heavy (non-hydrogen) atoms. The zero-order chi connectivity index (χ0) is 12.7. The molecule has 0 aliphatic heterocycles. The van der Waals surface area contributed by atoms with Gasteiger partial charge in [-0.2, -0.15) is 15.0 Å². The molecular weight excluding hydrogens is 260 g/mol. The number of aromatic nitrogens is 3. The van der Waals surface area contributed by atoms with Gasteiger partial charge in [0.15, 0.2) is 5.16 Å². The number of rotatable bonds is 7. The van der Waals surface area contributed by atoms with Crippen LogP contribution in [0.5, 0.6) is 0 Å². The maximum Gasteiger partial charge on any atom is 0.373 e. The second-order valence-electron chi connectivity index (χ2n) is 3.20. The van der Waals surface area contributed by atoms with E-state index in [2.05, 4.69) is 25.5 Å². The molecule has 3 N–H and O–H groups in total. The van der Waals surface area contributed by atoms with Gasteiger partial charge >= 0.3 is 7.05 Å². The van der Waals surface area contributed by atoms with Crippen LogP contribution in [0.15, 0.2) is 5.16 Å². The number of hydrogen-bond acceptors (Lipinski definition) is 7. The zero-order valence-electron chi connectivity index (χ0n) is 9.77. The van der Waals surface area contributed by atoms with Gasteiger partial charge in [0.05, 0.1) is 0 Å². The third kappa shape index (κ3) is 6.06. The largest absolute Gasteiger partial charge is 0.437 e. The van der Waals surface area contributed by atoms with Crippen LogP contribution in [-0.2, 0) is 0 Å². The number of thioether (sulfide) groups is 1. The normalized spacial score (nSPS) is 10.4. The molecule has 0 atom stereocenters. The Balaban J connectivity index is 2.46. The molecule has 1 aromatic heterocycles. The summed E-state index contributed by atoms with van der Waals surface area (Å²) in [5.41, 5.74) is 0. The van der Waals surface area contributed by atoms with Crippen LogP contribution < -0.4 is 10.5 Å². The van der Waals surface area contributed by atoms with Crippen molar-refractivity contribution < 1.29 is 5.02 Å². The molecule has 0 spiro atoms. The predicted molar refractivity (Wildman–Crippen MR) is 71.6 cm³/mol. The first kappa shape index (κ1) is 14.5. The van der Waals surface area contributed by atoms with Gasteiger partial charge in [0.25, 0.3) is 0 Å². The van der Waals surface area contributed by atoms with Crippen LogP contribution in [0.25, 0.3) is 0 Å². The quantitative estimate of drug-likeness (QED) is 0.385. The highest BCUT2D eigenvalue weighted by atomic mass is 35.5. The van der Waals surface area contributed by atoms with Crippen molar-refractivity contribution in [2.75, 3.05) is 24.2 Å². The Bertz CT molecular complexity index is 357. The Hall–Kier alpha value is -0.565. The smallest absolute Gasteiger partial charge is 0.373 e. The number of halogens is 1. The van der Waals surface area contributed by atoms with Gasteiger partial charge in [-0.1, -0.05) is 18.7 Å². The number of nitrogens with zero attached hydrogens (tertiary/aromatic N) is 3. The fourth-order valence-electron chi connectivity index (χ4n) is 1.06. The van der Waals surface area contributed by atoms with Crippen molar-refractivity contribution >= 4 is 36.4 Å². The van der Waals surface area contributed by atoms with Crippen LogP contribution in [0.3, 0.4) is 0 Å². The van der Waals surface area contributed by atoms with Crippen molar-refractivity contribution in [3.63, 3.8) is 0 Å². The SMILES string of the molecule is CCSc1nc(Cl)nc(NCCNB(C)O)n1. The molecular formula is C8H15BClN5OS. The summed E-state index contributed by atoms with van der Waals surface area (Å²) in [5, 5.41) is 15.7. The van der Waals surface area contributed by atoms with Crippen LogP contribution in [0.4, 0.5) is 5.95 Å². The minimum absolute atomic E-state index is 0.182. The van der Waals surface area contributed by atoms with Gasteiger partial charge in [-0.3, -0.25) is 0 Å². The van der Waals surface area contributed by atoms with Gasteiger partial charge < -0.3 is 15.6 Å². The third-order valence-corrected chi connectivity index (χ3v) is 2.61. The van der Waals surface area contributed by atoms with Gasteiger partial charge in [-0.25, -0.2) is 0 Å². The van der Waals surface area contributed by atoms with E-state index in [0.29, 0.717) is 24.2 Å². The fraction of sp³-hybridized carbons (Fsp3) is 0.625. The molecule has 0 aliphatic rings. The van der Waals surface area contributed by atoms with Crippen molar-refractivity contribution in [3.8, 4) is 0 Å². The molecule has 94 valence electrons. The van der Waals surface area contributed by atoms with Crippen molar-refractivity contribution in [2.24, 2.45) is 0 Å². The molecule has 0 saturated carbocycles. The summed E-state index contributed by atoms with van der Waals surface area (Å²) in [6.45, 7) is 4.89. The maximum atomic E-state index is 9.00. The number of nitrogens with one attached hydrogen (secondary N) is 2. The molecule has 6 nitrogen and oxygen atoms in total. The van der Waals surface area contributed by atoms with E-state index in [4.69, 9.17) is 16.6 Å². The van der Waals surface area contributed by atoms with Gasteiger partial charge in [-0.15, -0.1) is 0 Å². The lowest BCUT2D eigenvalue weighted by molar-refractivity contribution is 0.556. The van der Waals surface area contributed by atoms with Crippen LogP contribution in [0, 0.1) is 0 Å². The summed E-state index contributed by atoms with van der Waals surface area (Å²) in [6.07, 6.45) is 0. The van der Waals surface area contributed by atoms with E-state index in [-0.39, 0.29) is 5.28 Å². The summed E-state index contributed by atoms with van der Waals surface area (Å²) >= 11 is 7.28. The van der Waals surface area contributed by atoms with Gasteiger partial charge in [0.1, 0.15) is 0 Å². The molecule has 1 rings (SSSR count). The van der Waals surface area contributed by atoms with E-state index >= 15 is 0 Å². The highest BCUT2D eigenvalue weighted by Crippen LogP contribution is 2.15. The van der Waals surface area contributed by atoms with Gasteiger partial charge in [0.2, 0.25) is 11.2 Å². The molecule has 0 unspecified atom stereocenters. The predicted octanol–water partition coefficient (Wildman–Crippen LogP) is 0.749. The minimum Gasteiger partial charge on any atom is -0.437 e. The molecule has 9 heteroatoms. The summed E-state index contributed by atoms with van der Waals surface area (Å²) in [7, 11) is -0.523. The number of anilines is 1. The first-order valence-electron chi connectivity index (χ1n) is 5.31. The molecule has 0 amide bonds.